The number of amides is 1. The summed E-state index contributed by atoms with van der Waals surface area (Å²) in [5, 5.41) is 17.0. The Morgan fingerprint density at radius 3 is 2.59 bits per heavy atom. The van der Waals surface area contributed by atoms with Crippen LogP contribution in [0.3, 0.4) is 0 Å². The minimum absolute atomic E-state index is 0.00797. The van der Waals surface area contributed by atoms with Gasteiger partial charge in [0.25, 0.3) is 0 Å². The van der Waals surface area contributed by atoms with Crippen LogP contribution < -0.4 is 15.4 Å². The molecule has 4 rings (SSSR count). The predicted molar refractivity (Wildman–Crippen MR) is 120 cm³/mol. The molecule has 1 aliphatic carbocycles. The second-order valence-corrected chi connectivity index (χ2v) is 9.76. The Hall–Kier alpha value is -2.03. The Kier molecular flexibility index (Phi) is 6.83. The van der Waals surface area contributed by atoms with Gasteiger partial charge in [-0.15, -0.1) is 0 Å². The van der Waals surface area contributed by atoms with E-state index >= 15 is 0 Å². The number of carbonyl (C=O) groups is 1. The van der Waals surface area contributed by atoms with E-state index in [0.29, 0.717) is 5.56 Å². The van der Waals surface area contributed by atoms with Crippen LogP contribution in [-0.2, 0) is 11.2 Å². The minimum Gasteiger partial charge on any atom is -0.487 e. The second-order valence-electron chi connectivity index (χ2n) is 8.84. The molecule has 1 aliphatic heterocycles. The average Bonchev–Trinajstić information content (AvgIpc) is 2.68. The molecule has 1 saturated carbocycles. The number of hydrogen-bond acceptors (Lipinski definition) is 4. The highest BCUT2D eigenvalue weighted by molar-refractivity contribution is 9.10. The van der Waals surface area contributed by atoms with E-state index in [2.05, 4.69) is 26.6 Å². The van der Waals surface area contributed by atoms with E-state index in [1.165, 1.54) is 19.1 Å². The largest absolute Gasteiger partial charge is 0.487 e. The summed E-state index contributed by atoms with van der Waals surface area (Å²) in [4.78, 5) is 11.7. The summed E-state index contributed by atoms with van der Waals surface area (Å²) in [6, 6.07) is 8.47. The maximum absolute atomic E-state index is 13.6. The van der Waals surface area contributed by atoms with Crippen molar-refractivity contribution in [3.63, 3.8) is 0 Å². The number of hydrogen-bond donors (Lipinski definition) is 3. The van der Waals surface area contributed by atoms with Gasteiger partial charge in [-0.05, 0) is 55.5 Å². The fourth-order valence-electron chi connectivity index (χ4n) is 4.63. The molecule has 1 spiro atoms. The van der Waals surface area contributed by atoms with E-state index in [9.17, 15) is 18.7 Å². The summed E-state index contributed by atoms with van der Waals surface area (Å²) in [5.41, 5.74) is 1.23. The van der Waals surface area contributed by atoms with E-state index < -0.39 is 23.8 Å². The highest BCUT2D eigenvalue weighted by Gasteiger charge is 2.45. The number of fused-ring (bicyclic) bond motifs is 1. The fraction of sp³-hybridized carbons (Fsp3) is 0.458. The molecule has 32 heavy (non-hydrogen) atoms. The lowest BCUT2D eigenvalue weighted by molar-refractivity contribution is -0.120. The molecule has 8 heteroatoms. The molecule has 2 aromatic rings. The van der Waals surface area contributed by atoms with E-state index in [0.717, 1.165) is 47.5 Å². The number of benzene rings is 2. The van der Waals surface area contributed by atoms with Crippen LogP contribution in [0.1, 0.15) is 49.8 Å². The number of carbonyl (C=O) groups excluding carboxylic acids is 1. The molecule has 3 atom stereocenters. The van der Waals surface area contributed by atoms with Crippen molar-refractivity contribution < 1.29 is 23.4 Å². The first-order chi connectivity index (χ1) is 15.2. The zero-order chi connectivity index (χ0) is 22.9. The summed E-state index contributed by atoms with van der Waals surface area (Å²) in [5.74, 6) is -0.860. The molecule has 5 nitrogen and oxygen atoms in total. The average molecular weight is 509 g/mol. The van der Waals surface area contributed by atoms with E-state index in [4.69, 9.17) is 4.74 Å². The zero-order valence-corrected chi connectivity index (χ0v) is 19.4. The number of aliphatic hydroxyl groups is 1. The molecule has 0 radical (unpaired) electrons. The smallest absolute Gasteiger partial charge is 0.217 e. The molecule has 0 aromatic heterocycles. The van der Waals surface area contributed by atoms with Gasteiger partial charge in [0.15, 0.2) is 0 Å². The number of rotatable bonds is 7. The maximum Gasteiger partial charge on any atom is 0.217 e. The van der Waals surface area contributed by atoms with Crippen LogP contribution in [0.25, 0.3) is 0 Å². The van der Waals surface area contributed by atoms with Crippen LogP contribution in [0.2, 0.25) is 0 Å². The Labute approximate surface area is 194 Å². The first kappa shape index (κ1) is 23.1. The van der Waals surface area contributed by atoms with Gasteiger partial charge in [-0.3, -0.25) is 4.79 Å². The van der Waals surface area contributed by atoms with Crippen molar-refractivity contribution in [2.45, 2.75) is 62.8 Å². The Morgan fingerprint density at radius 2 is 1.97 bits per heavy atom. The molecule has 0 saturated heterocycles. The third-order valence-corrected chi connectivity index (χ3v) is 6.82. The number of aliphatic hydroxyl groups excluding tert-OH is 1. The summed E-state index contributed by atoms with van der Waals surface area (Å²) in [7, 11) is 0. The van der Waals surface area contributed by atoms with Gasteiger partial charge >= 0.3 is 0 Å². The highest BCUT2D eigenvalue weighted by Crippen LogP contribution is 2.49. The zero-order valence-electron chi connectivity index (χ0n) is 17.8. The second kappa shape index (κ2) is 9.45. The molecule has 172 valence electrons. The topological polar surface area (TPSA) is 70.6 Å². The lowest BCUT2D eigenvalue weighted by Gasteiger charge is -2.48. The molecule has 3 N–H and O–H groups in total. The Balaban J connectivity index is 1.47. The molecule has 1 fully saturated rings. The van der Waals surface area contributed by atoms with Crippen molar-refractivity contribution in [3.05, 3.63) is 63.6 Å². The number of halogens is 3. The maximum atomic E-state index is 13.6. The molecule has 1 heterocycles. The molecular weight excluding hydrogens is 482 g/mol. The van der Waals surface area contributed by atoms with Gasteiger partial charge in [-0.1, -0.05) is 22.0 Å². The number of ether oxygens (including phenoxy) is 1. The van der Waals surface area contributed by atoms with Crippen molar-refractivity contribution >= 4 is 21.8 Å². The van der Waals surface area contributed by atoms with Gasteiger partial charge in [-0.25, -0.2) is 8.78 Å². The van der Waals surface area contributed by atoms with Crippen LogP contribution in [0.15, 0.2) is 40.9 Å². The Morgan fingerprint density at radius 1 is 1.25 bits per heavy atom. The van der Waals surface area contributed by atoms with Crippen molar-refractivity contribution in [1.82, 2.24) is 10.6 Å². The first-order valence-electron chi connectivity index (χ1n) is 10.8. The normalized spacial score (nSPS) is 20.6. The molecule has 0 bridgehead atoms. The molecule has 0 unspecified atom stereocenters. The summed E-state index contributed by atoms with van der Waals surface area (Å²) in [6.07, 6.45) is 3.09. The predicted octanol–water partition coefficient (Wildman–Crippen LogP) is 4.17. The lowest BCUT2D eigenvalue weighted by Crippen LogP contribution is -2.52. The molecular formula is C24H27BrF2N2O3. The first-order valence-corrected chi connectivity index (χ1v) is 11.6. The van der Waals surface area contributed by atoms with E-state index in [1.54, 1.807) is 0 Å². The van der Waals surface area contributed by atoms with Crippen LogP contribution in [0, 0.1) is 11.6 Å². The third-order valence-electron chi connectivity index (χ3n) is 6.32. The number of nitrogens with one attached hydrogen (secondary N) is 2. The fourth-order valence-corrected chi connectivity index (χ4v) is 4.97. The van der Waals surface area contributed by atoms with E-state index in [-0.39, 0.29) is 30.5 Å². The quantitative estimate of drug-likeness (QED) is 0.524. The van der Waals surface area contributed by atoms with Crippen molar-refractivity contribution in [1.29, 1.82) is 0 Å². The van der Waals surface area contributed by atoms with Gasteiger partial charge in [0.05, 0.1) is 12.1 Å². The van der Waals surface area contributed by atoms with Gasteiger partial charge in [0, 0.05) is 42.0 Å². The lowest BCUT2D eigenvalue weighted by atomic mass is 9.73. The summed E-state index contributed by atoms with van der Waals surface area (Å²) < 4.78 is 34.5. The van der Waals surface area contributed by atoms with Gasteiger partial charge in [0.2, 0.25) is 5.91 Å². The van der Waals surface area contributed by atoms with Crippen LogP contribution >= 0.6 is 15.9 Å². The van der Waals surface area contributed by atoms with Gasteiger partial charge in [0.1, 0.15) is 23.0 Å². The molecule has 2 aliphatic rings. The monoisotopic (exact) mass is 508 g/mol. The van der Waals surface area contributed by atoms with Crippen LogP contribution in [-0.4, -0.2) is 35.3 Å². The van der Waals surface area contributed by atoms with E-state index in [1.807, 2.05) is 18.2 Å². The van der Waals surface area contributed by atoms with Crippen LogP contribution in [0.5, 0.6) is 5.75 Å². The van der Waals surface area contributed by atoms with Gasteiger partial charge < -0.3 is 20.5 Å². The third kappa shape index (κ3) is 5.30. The summed E-state index contributed by atoms with van der Waals surface area (Å²) >= 11 is 3.50. The van der Waals surface area contributed by atoms with Crippen molar-refractivity contribution in [2.75, 3.05) is 6.54 Å². The SMILES string of the molecule is CC(=O)N[C@@H](Cc1cc(F)cc(F)c1)[C@@H](O)CN[C@H]1CC2(CCC2)Oc2cc(Br)ccc21. The standard InChI is InChI=1S/C24H27BrF2N2O3/c1-14(30)29-20(9-15-7-17(26)11-18(27)8-15)22(31)13-28-21-12-24(5-2-6-24)32-23-10-16(25)3-4-19(21)23/h3-4,7-8,10-11,20-22,28,31H,2,5-6,9,12-13H2,1H3,(H,29,30)/t20-,21-,22-/m0/s1. The van der Waals surface area contributed by atoms with Crippen molar-refractivity contribution in [3.8, 4) is 5.75 Å². The highest BCUT2D eigenvalue weighted by atomic mass is 79.9. The van der Waals surface area contributed by atoms with Gasteiger partial charge in [-0.2, -0.15) is 0 Å². The molecule has 1 amide bonds. The Bertz CT molecular complexity index is 979. The summed E-state index contributed by atoms with van der Waals surface area (Å²) in [6.45, 7) is 1.56. The van der Waals surface area contributed by atoms with Crippen molar-refractivity contribution in [2.24, 2.45) is 0 Å². The molecule has 2 aromatic carbocycles. The van der Waals surface area contributed by atoms with Crippen LogP contribution in [0.4, 0.5) is 8.78 Å². The minimum atomic E-state index is -0.954.